The van der Waals surface area contributed by atoms with E-state index in [9.17, 15) is 13.5 Å². The molecule has 0 bridgehead atoms. The van der Waals surface area contributed by atoms with Crippen LogP contribution in [0.3, 0.4) is 0 Å². The number of sulfone groups is 1. The summed E-state index contributed by atoms with van der Waals surface area (Å²) in [4.78, 5) is 0. The third-order valence-electron chi connectivity index (χ3n) is 3.70. The second-order valence-corrected chi connectivity index (χ2v) is 6.74. The molecule has 1 saturated carbocycles. The summed E-state index contributed by atoms with van der Waals surface area (Å²) in [6, 6.07) is 0. The highest BCUT2D eigenvalue weighted by molar-refractivity contribution is 7.91. The van der Waals surface area contributed by atoms with E-state index in [1.54, 1.807) is 6.92 Å². The predicted octanol–water partition coefficient (Wildman–Crippen LogP) is 0.582. The average Bonchev–Trinajstić information content (AvgIpc) is 2.73. The Hall–Kier alpha value is -0.0900. The SMILES string of the molecule is CC(O)C1(C2CCS(=O)(=O)C2)CC1. The van der Waals surface area contributed by atoms with Gasteiger partial charge in [0, 0.05) is 0 Å². The van der Waals surface area contributed by atoms with Crippen molar-refractivity contribution >= 4 is 9.84 Å². The summed E-state index contributed by atoms with van der Waals surface area (Å²) in [5.41, 5.74) is -0.0381. The van der Waals surface area contributed by atoms with E-state index in [0.29, 0.717) is 11.5 Å². The van der Waals surface area contributed by atoms with E-state index in [4.69, 9.17) is 0 Å². The van der Waals surface area contributed by atoms with Gasteiger partial charge < -0.3 is 5.11 Å². The van der Waals surface area contributed by atoms with Gasteiger partial charge in [-0.25, -0.2) is 8.42 Å². The highest BCUT2D eigenvalue weighted by Gasteiger charge is 2.55. The summed E-state index contributed by atoms with van der Waals surface area (Å²) < 4.78 is 22.5. The molecule has 2 atom stereocenters. The molecule has 2 rings (SSSR count). The first-order chi connectivity index (χ1) is 5.96. The van der Waals surface area contributed by atoms with Gasteiger partial charge in [0.1, 0.15) is 0 Å². The lowest BCUT2D eigenvalue weighted by molar-refractivity contribution is 0.0766. The second-order valence-electron chi connectivity index (χ2n) is 4.51. The molecular formula is C9H16O3S. The van der Waals surface area contributed by atoms with Crippen LogP contribution in [0, 0.1) is 11.3 Å². The maximum atomic E-state index is 11.3. The van der Waals surface area contributed by atoms with E-state index in [1.165, 1.54) is 0 Å². The maximum absolute atomic E-state index is 11.3. The molecule has 1 aliphatic carbocycles. The third kappa shape index (κ3) is 1.50. The lowest BCUT2D eigenvalue weighted by Gasteiger charge is -2.24. The Bertz CT molecular complexity index is 301. The van der Waals surface area contributed by atoms with Gasteiger partial charge in [0.05, 0.1) is 17.6 Å². The number of hydrogen-bond donors (Lipinski definition) is 1. The number of aliphatic hydroxyl groups excluding tert-OH is 1. The van der Waals surface area contributed by atoms with E-state index in [2.05, 4.69) is 0 Å². The lowest BCUT2D eigenvalue weighted by atomic mass is 9.84. The van der Waals surface area contributed by atoms with Crippen molar-refractivity contribution in [2.24, 2.45) is 11.3 Å². The van der Waals surface area contributed by atoms with Crippen LogP contribution in [0.4, 0.5) is 0 Å². The van der Waals surface area contributed by atoms with Crippen molar-refractivity contribution in [2.75, 3.05) is 11.5 Å². The first kappa shape index (κ1) is 9.46. The molecule has 76 valence electrons. The summed E-state index contributed by atoms with van der Waals surface area (Å²) in [5, 5.41) is 9.58. The lowest BCUT2D eigenvalue weighted by Crippen LogP contribution is -2.28. The molecule has 2 aliphatic rings. The molecule has 3 nitrogen and oxygen atoms in total. The van der Waals surface area contributed by atoms with Crippen LogP contribution in [-0.2, 0) is 9.84 Å². The van der Waals surface area contributed by atoms with Gasteiger partial charge in [0.2, 0.25) is 0 Å². The minimum atomic E-state index is -2.78. The molecule has 4 heteroatoms. The van der Waals surface area contributed by atoms with Crippen LogP contribution in [0.25, 0.3) is 0 Å². The minimum absolute atomic E-state index is 0.0381. The number of rotatable bonds is 2. The van der Waals surface area contributed by atoms with Gasteiger partial charge in [-0.2, -0.15) is 0 Å². The van der Waals surface area contributed by atoms with Crippen molar-refractivity contribution in [1.29, 1.82) is 0 Å². The van der Waals surface area contributed by atoms with Crippen molar-refractivity contribution in [3.8, 4) is 0 Å². The summed E-state index contributed by atoms with van der Waals surface area (Å²) in [5.74, 6) is 0.849. The van der Waals surface area contributed by atoms with Gasteiger partial charge in [-0.1, -0.05) is 0 Å². The molecule has 0 spiro atoms. The minimum Gasteiger partial charge on any atom is -0.393 e. The normalized spacial score (nSPS) is 37.2. The maximum Gasteiger partial charge on any atom is 0.150 e. The zero-order valence-corrected chi connectivity index (χ0v) is 8.68. The highest BCUT2D eigenvalue weighted by atomic mass is 32.2. The average molecular weight is 204 g/mol. The number of aliphatic hydroxyl groups is 1. The van der Waals surface area contributed by atoms with E-state index < -0.39 is 9.84 Å². The fraction of sp³-hybridized carbons (Fsp3) is 1.00. The summed E-state index contributed by atoms with van der Waals surface area (Å²) in [7, 11) is -2.78. The Labute approximate surface area is 79.1 Å². The van der Waals surface area contributed by atoms with Crippen LogP contribution < -0.4 is 0 Å². The molecule has 0 radical (unpaired) electrons. The van der Waals surface area contributed by atoms with E-state index in [1.807, 2.05) is 0 Å². The molecule has 1 N–H and O–H groups in total. The van der Waals surface area contributed by atoms with E-state index in [-0.39, 0.29) is 17.4 Å². The van der Waals surface area contributed by atoms with Crippen LogP contribution in [0.5, 0.6) is 0 Å². The molecule has 0 aromatic rings. The Morgan fingerprint density at radius 1 is 1.46 bits per heavy atom. The Morgan fingerprint density at radius 2 is 2.08 bits per heavy atom. The zero-order valence-electron chi connectivity index (χ0n) is 7.86. The van der Waals surface area contributed by atoms with Gasteiger partial charge >= 0.3 is 0 Å². The molecule has 1 aliphatic heterocycles. The van der Waals surface area contributed by atoms with Crippen LogP contribution in [0.1, 0.15) is 26.2 Å². The largest absolute Gasteiger partial charge is 0.393 e. The fourth-order valence-electron chi connectivity index (χ4n) is 2.56. The molecule has 0 aromatic carbocycles. The highest BCUT2D eigenvalue weighted by Crippen LogP contribution is 2.57. The Morgan fingerprint density at radius 3 is 2.38 bits per heavy atom. The summed E-state index contributed by atoms with van der Waals surface area (Å²) in [6.45, 7) is 1.79. The molecule has 13 heavy (non-hydrogen) atoms. The van der Waals surface area contributed by atoms with Crippen molar-refractivity contribution in [3.05, 3.63) is 0 Å². The van der Waals surface area contributed by atoms with E-state index >= 15 is 0 Å². The quantitative estimate of drug-likeness (QED) is 0.716. The molecule has 0 amide bonds. The molecule has 2 unspecified atom stereocenters. The molecule has 0 aromatic heterocycles. The summed E-state index contributed by atoms with van der Waals surface area (Å²) in [6.07, 6.45) is 2.42. The van der Waals surface area contributed by atoms with Gasteiger partial charge in [-0.3, -0.25) is 0 Å². The molecular weight excluding hydrogens is 188 g/mol. The van der Waals surface area contributed by atoms with Crippen molar-refractivity contribution in [1.82, 2.24) is 0 Å². The van der Waals surface area contributed by atoms with Gasteiger partial charge in [0.25, 0.3) is 0 Å². The first-order valence-corrected chi connectivity index (χ1v) is 6.67. The summed E-state index contributed by atoms with van der Waals surface area (Å²) >= 11 is 0. The van der Waals surface area contributed by atoms with Gasteiger partial charge in [-0.05, 0) is 37.5 Å². The van der Waals surface area contributed by atoms with E-state index in [0.717, 1.165) is 19.3 Å². The predicted molar refractivity (Wildman–Crippen MR) is 50.1 cm³/mol. The number of hydrogen-bond acceptors (Lipinski definition) is 3. The molecule has 1 saturated heterocycles. The van der Waals surface area contributed by atoms with Crippen LogP contribution >= 0.6 is 0 Å². The van der Waals surface area contributed by atoms with Gasteiger partial charge in [0.15, 0.2) is 9.84 Å². The van der Waals surface area contributed by atoms with Crippen LogP contribution in [-0.4, -0.2) is 31.1 Å². The molecule has 1 heterocycles. The smallest absolute Gasteiger partial charge is 0.150 e. The fourth-order valence-corrected chi connectivity index (χ4v) is 4.48. The Balaban J connectivity index is 2.12. The second kappa shape index (κ2) is 2.70. The monoisotopic (exact) mass is 204 g/mol. The molecule has 2 fully saturated rings. The van der Waals surface area contributed by atoms with Crippen molar-refractivity contribution < 1.29 is 13.5 Å². The third-order valence-corrected chi connectivity index (χ3v) is 5.47. The van der Waals surface area contributed by atoms with Crippen molar-refractivity contribution in [3.63, 3.8) is 0 Å². The van der Waals surface area contributed by atoms with Crippen LogP contribution in [0.2, 0.25) is 0 Å². The van der Waals surface area contributed by atoms with Crippen molar-refractivity contribution in [2.45, 2.75) is 32.3 Å². The first-order valence-electron chi connectivity index (χ1n) is 4.85. The topological polar surface area (TPSA) is 54.4 Å². The van der Waals surface area contributed by atoms with Gasteiger partial charge in [-0.15, -0.1) is 0 Å². The standard InChI is InChI=1S/C9H16O3S/c1-7(10)9(3-4-9)8-2-5-13(11,12)6-8/h7-8,10H,2-6H2,1H3. The Kier molecular flexibility index (Phi) is 1.97. The van der Waals surface area contributed by atoms with Crippen LogP contribution in [0.15, 0.2) is 0 Å². The zero-order chi connectivity index (χ0) is 9.69.